The molecule has 4 aliphatic heterocycles. The summed E-state index contributed by atoms with van der Waals surface area (Å²) in [5.41, 5.74) is -1.11. The van der Waals surface area contributed by atoms with Crippen LogP contribution in [-0.4, -0.2) is 209 Å². The Morgan fingerprint density at radius 2 is 1.34 bits per heavy atom. The van der Waals surface area contributed by atoms with Gasteiger partial charge in [-0.2, -0.15) is 0 Å². The van der Waals surface area contributed by atoms with E-state index in [0.717, 1.165) is 12.8 Å². The molecule has 0 aromatic heterocycles. The molecule has 0 radical (unpaired) electrons. The first-order valence-electron chi connectivity index (χ1n) is 27.4. The molecule has 9 rings (SSSR count). The number of fused-ring (bicyclic) bond motifs is 5. The summed E-state index contributed by atoms with van der Waals surface area (Å²) in [4.78, 5) is 13.8. The maximum Gasteiger partial charge on any atom is 0.342 e. The van der Waals surface area contributed by atoms with Gasteiger partial charge in [0.25, 0.3) is 0 Å². The average molecular weight is 1080 g/mol. The van der Waals surface area contributed by atoms with E-state index in [1.807, 2.05) is 13.8 Å². The standard InChI is InChI=1S/C55H84O21/c1-25(57)32-17-19-55(64)33-15-14-29-20-30(16-18-53(29,5)34(33)21-39(54(32,55)6)73-50(63)31-12-10-11-13-35(31)58)71-40-22-36(65-7)46(26(2)68-40)74-41-23-37(66-8)47(27(3)69-41)75-52-45(62)49(67-9)48(28(4)70-52)76-51-44(61)43(60)42(59)38(24-56)72-51/h10-14,25-28,30,32-34,36-49,51-52,56-62,64H,15-24H2,1-9H3/t25?,26-,27-,28-,30+,32-,33-,34+,36+,37+,38-,39-,40+,41+,42-,43+,44-,45-,46+,47+,48-,49-,51+,52+,53+,54+,55+/m1/s1. The first-order valence-corrected chi connectivity index (χ1v) is 27.4. The van der Waals surface area contributed by atoms with Crippen LogP contribution in [-0.2, 0) is 56.8 Å². The number of hydrogen-bond donors (Lipinski definition) is 8. The summed E-state index contributed by atoms with van der Waals surface area (Å²) in [6.45, 7) is 10.7. The number of esters is 1. The van der Waals surface area contributed by atoms with Crippen LogP contribution in [0.2, 0.25) is 0 Å². The maximum absolute atomic E-state index is 13.8. The second-order valence-electron chi connectivity index (χ2n) is 23.3. The molecule has 21 heteroatoms. The van der Waals surface area contributed by atoms with E-state index in [1.54, 1.807) is 47.1 Å². The lowest BCUT2D eigenvalue weighted by atomic mass is 9.44. The Labute approximate surface area is 444 Å². The number of rotatable bonds is 15. The van der Waals surface area contributed by atoms with Crippen molar-refractivity contribution in [2.45, 2.75) is 234 Å². The van der Waals surface area contributed by atoms with Gasteiger partial charge in [0, 0.05) is 39.6 Å². The minimum atomic E-state index is -1.67. The van der Waals surface area contributed by atoms with Gasteiger partial charge in [0.15, 0.2) is 25.2 Å². The molecule has 8 aliphatic rings. The van der Waals surface area contributed by atoms with Gasteiger partial charge in [-0.1, -0.05) is 37.6 Å². The van der Waals surface area contributed by atoms with E-state index in [-0.39, 0.29) is 47.0 Å². The Morgan fingerprint density at radius 3 is 1.97 bits per heavy atom. The van der Waals surface area contributed by atoms with Crippen molar-refractivity contribution in [2.75, 3.05) is 27.9 Å². The van der Waals surface area contributed by atoms with Crippen LogP contribution < -0.4 is 0 Å². The molecule has 1 aromatic rings. The fraction of sp³-hybridized carbons (Fsp3) is 0.836. The second kappa shape index (κ2) is 23.2. The van der Waals surface area contributed by atoms with Crippen molar-refractivity contribution in [3.63, 3.8) is 0 Å². The molecule has 0 bridgehead atoms. The normalized spacial score (nSPS) is 48.9. The average Bonchev–Trinajstić information content (AvgIpc) is 3.74. The molecule has 4 aliphatic carbocycles. The van der Waals surface area contributed by atoms with Crippen molar-refractivity contribution in [1.29, 1.82) is 0 Å². The van der Waals surface area contributed by atoms with Crippen LogP contribution >= 0.6 is 0 Å². The van der Waals surface area contributed by atoms with Gasteiger partial charge in [0.2, 0.25) is 0 Å². The minimum Gasteiger partial charge on any atom is -0.507 e. The molecule has 4 saturated heterocycles. The van der Waals surface area contributed by atoms with Crippen LogP contribution in [0, 0.1) is 28.6 Å². The summed E-state index contributed by atoms with van der Waals surface area (Å²) in [5.74, 6) is -1.24. The van der Waals surface area contributed by atoms with Crippen molar-refractivity contribution in [2.24, 2.45) is 28.6 Å². The van der Waals surface area contributed by atoms with Gasteiger partial charge in [-0.25, -0.2) is 4.79 Å². The predicted molar refractivity (Wildman–Crippen MR) is 265 cm³/mol. The molecule has 76 heavy (non-hydrogen) atoms. The van der Waals surface area contributed by atoms with Crippen LogP contribution in [0.4, 0.5) is 0 Å². The fourth-order valence-electron chi connectivity index (χ4n) is 15.0. The first-order chi connectivity index (χ1) is 36.1. The SMILES string of the molecule is CO[C@@H]1[C@@H](O)[C@H](O[C@@H]2[C@@H](OC)C[C@H](O[C@@H]3[C@@H](OC)C[C@H](O[C@H]4CC[C@@]5(C)C(=CC[C@@H]6[C@@H]5C[C@@H](OC(=O)c5ccccc5O)[C@]5(C)[C@@H](C(C)O)CC[C@]65O)C4)O[C@@H]3C)O[C@@H]2C)O[C@H](C)[C@H]1O[C@@H]1O[C@H](CO)[C@@H](O)[C@H](O)[C@H]1O. The zero-order chi connectivity index (χ0) is 54.8. The second-order valence-corrected chi connectivity index (χ2v) is 23.3. The van der Waals surface area contributed by atoms with E-state index in [0.29, 0.717) is 38.5 Å². The first kappa shape index (κ1) is 58.2. The fourth-order valence-corrected chi connectivity index (χ4v) is 15.0. The number of phenols is 1. The number of aromatic hydroxyl groups is 1. The van der Waals surface area contributed by atoms with Gasteiger partial charge in [-0.15, -0.1) is 0 Å². The minimum absolute atomic E-state index is 0.0185. The Bertz CT molecular complexity index is 2160. The number of aliphatic hydroxyl groups excluding tert-OH is 6. The van der Waals surface area contributed by atoms with Gasteiger partial charge < -0.3 is 97.7 Å². The molecular formula is C55H84O21. The molecule has 430 valence electrons. The topological polar surface area (TPSA) is 290 Å². The Balaban J connectivity index is 0.804. The summed E-state index contributed by atoms with van der Waals surface area (Å²) in [5, 5.41) is 87.0. The van der Waals surface area contributed by atoms with Crippen LogP contribution in [0.3, 0.4) is 0 Å². The summed E-state index contributed by atoms with van der Waals surface area (Å²) < 4.78 is 74.5. The lowest BCUT2D eigenvalue weighted by Crippen LogP contribution is -2.67. The van der Waals surface area contributed by atoms with Gasteiger partial charge in [0.05, 0.1) is 54.9 Å². The van der Waals surface area contributed by atoms with Crippen LogP contribution in [0.5, 0.6) is 5.75 Å². The van der Waals surface area contributed by atoms with Crippen molar-refractivity contribution in [3.8, 4) is 5.75 Å². The number of hydrogen-bond acceptors (Lipinski definition) is 21. The number of carbonyl (C=O) groups is 1. The third kappa shape index (κ3) is 10.4. The highest BCUT2D eigenvalue weighted by atomic mass is 16.8. The van der Waals surface area contributed by atoms with Crippen LogP contribution in [0.1, 0.15) is 110 Å². The highest BCUT2D eigenvalue weighted by Gasteiger charge is 2.71. The van der Waals surface area contributed by atoms with Crippen molar-refractivity contribution in [3.05, 3.63) is 41.5 Å². The molecule has 0 amide bonds. The van der Waals surface area contributed by atoms with Gasteiger partial charge in [-0.05, 0) is 108 Å². The molecule has 0 spiro atoms. The number of ether oxygens (including phenoxy) is 12. The maximum atomic E-state index is 13.8. The van der Waals surface area contributed by atoms with E-state index in [9.17, 15) is 45.6 Å². The lowest BCUT2D eigenvalue weighted by Gasteiger charge is -2.63. The van der Waals surface area contributed by atoms with E-state index in [2.05, 4.69) is 13.0 Å². The zero-order valence-corrected chi connectivity index (χ0v) is 45.2. The monoisotopic (exact) mass is 1080 g/mol. The number of para-hydroxylation sites is 1. The predicted octanol–water partition coefficient (Wildman–Crippen LogP) is 2.36. The lowest BCUT2D eigenvalue weighted by molar-refractivity contribution is -0.373. The molecule has 21 nitrogen and oxygen atoms in total. The summed E-state index contributed by atoms with van der Waals surface area (Å²) >= 11 is 0. The van der Waals surface area contributed by atoms with Crippen LogP contribution in [0.25, 0.3) is 0 Å². The van der Waals surface area contributed by atoms with Crippen molar-refractivity contribution < 1.29 is 102 Å². The van der Waals surface area contributed by atoms with E-state index in [1.165, 1.54) is 24.8 Å². The van der Waals surface area contributed by atoms with Gasteiger partial charge in [-0.3, -0.25) is 0 Å². The third-order valence-corrected chi connectivity index (χ3v) is 19.3. The van der Waals surface area contributed by atoms with Crippen LogP contribution in [0.15, 0.2) is 35.9 Å². The Morgan fingerprint density at radius 1 is 0.724 bits per heavy atom. The highest BCUT2D eigenvalue weighted by molar-refractivity contribution is 5.92. The Hall–Kier alpha value is -2.49. The van der Waals surface area contributed by atoms with E-state index in [4.69, 9.17) is 56.8 Å². The summed E-state index contributed by atoms with van der Waals surface area (Å²) in [6, 6.07) is 6.31. The number of carbonyl (C=O) groups excluding carboxylic acids is 1. The zero-order valence-electron chi connectivity index (χ0n) is 45.2. The molecule has 7 fully saturated rings. The molecule has 3 saturated carbocycles. The quantitative estimate of drug-likeness (QED) is 0.0924. The van der Waals surface area contributed by atoms with Gasteiger partial charge >= 0.3 is 5.97 Å². The molecule has 8 N–H and O–H groups in total. The Kier molecular flexibility index (Phi) is 17.7. The number of allylic oxidation sites excluding steroid dienone is 1. The highest BCUT2D eigenvalue weighted by Crippen LogP contribution is 2.69. The molecular weight excluding hydrogens is 997 g/mol. The number of methoxy groups -OCH3 is 3. The number of phenolic OH excluding ortho intramolecular Hbond substituents is 1. The van der Waals surface area contributed by atoms with E-state index < -0.39 is 146 Å². The van der Waals surface area contributed by atoms with Crippen molar-refractivity contribution >= 4 is 5.97 Å². The summed E-state index contributed by atoms with van der Waals surface area (Å²) in [7, 11) is 4.55. The molecule has 1 unspecified atom stereocenters. The molecule has 4 heterocycles. The third-order valence-electron chi connectivity index (χ3n) is 19.3. The molecule has 27 atom stereocenters. The summed E-state index contributed by atoms with van der Waals surface area (Å²) in [6.07, 6.45) is -12.1. The smallest absolute Gasteiger partial charge is 0.342 e. The van der Waals surface area contributed by atoms with Gasteiger partial charge in [0.1, 0.15) is 72.4 Å². The van der Waals surface area contributed by atoms with Crippen molar-refractivity contribution in [1.82, 2.24) is 0 Å². The number of aliphatic hydroxyl groups is 7. The van der Waals surface area contributed by atoms with E-state index >= 15 is 0 Å². The molecule has 1 aromatic carbocycles. The number of benzene rings is 1. The largest absolute Gasteiger partial charge is 0.507 e.